The Kier molecular flexibility index (Phi) is 6.17. The molecule has 152 valence electrons. The van der Waals surface area contributed by atoms with Crippen LogP contribution < -0.4 is 5.32 Å². The number of methoxy groups -OCH3 is 1. The SMILES string of the molecule is COC(=O)N[C@H](C(=O)N1CCC[C@@H]1c1ncc(-c2ccc(C#N)cc2)[nH]1)C(C)C. The van der Waals surface area contributed by atoms with Gasteiger partial charge in [-0.3, -0.25) is 4.79 Å². The lowest BCUT2D eigenvalue weighted by atomic mass is 10.0. The van der Waals surface area contributed by atoms with Gasteiger partial charge in [0.25, 0.3) is 0 Å². The number of nitriles is 1. The monoisotopic (exact) mass is 395 g/mol. The first kappa shape index (κ1) is 20.4. The summed E-state index contributed by atoms with van der Waals surface area (Å²) in [7, 11) is 1.28. The average molecular weight is 395 g/mol. The molecule has 8 nitrogen and oxygen atoms in total. The average Bonchev–Trinajstić information content (AvgIpc) is 3.40. The van der Waals surface area contributed by atoms with E-state index in [1.165, 1.54) is 7.11 Å². The number of hydrogen-bond acceptors (Lipinski definition) is 5. The van der Waals surface area contributed by atoms with Crippen LogP contribution in [-0.2, 0) is 9.53 Å². The number of rotatable bonds is 5. The van der Waals surface area contributed by atoms with Crippen molar-refractivity contribution in [3.05, 3.63) is 41.9 Å². The molecule has 1 saturated heterocycles. The Balaban J connectivity index is 1.79. The van der Waals surface area contributed by atoms with Crippen LogP contribution >= 0.6 is 0 Å². The standard InChI is InChI=1S/C21H25N5O3/c1-13(2)18(25-21(28)29-3)20(27)26-10-4-5-17(26)19-23-12-16(24-19)15-8-6-14(11-22)7-9-15/h6-9,12-13,17-18H,4-5,10H2,1-3H3,(H,23,24)(H,25,28)/t17-,18+/m1/s1. The number of aromatic nitrogens is 2. The molecule has 0 aliphatic carbocycles. The fourth-order valence-corrected chi connectivity index (χ4v) is 3.57. The number of carbonyl (C=O) groups is 2. The maximum absolute atomic E-state index is 13.2. The van der Waals surface area contributed by atoms with Crippen molar-refractivity contribution < 1.29 is 14.3 Å². The highest BCUT2D eigenvalue weighted by molar-refractivity contribution is 5.86. The molecule has 1 aliphatic heterocycles. The molecule has 0 spiro atoms. The van der Waals surface area contributed by atoms with Crippen LogP contribution in [0.25, 0.3) is 11.3 Å². The minimum atomic E-state index is -0.656. The summed E-state index contributed by atoms with van der Waals surface area (Å²) < 4.78 is 4.66. The second kappa shape index (κ2) is 8.78. The molecule has 1 aliphatic rings. The number of hydrogen-bond donors (Lipinski definition) is 2. The highest BCUT2D eigenvalue weighted by Gasteiger charge is 2.37. The van der Waals surface area contributed by atoms with Crippen molar-refractivity contribution in [3.8, 4) is 17.3 Å². The predicted molar refractivity (Wildman–Crippen MR) is 107 cm³/mol. The molecule has 0 bridgehead atoms. The fourth-order valence-electron chi connectivity index (χ4n) is 3.57. The second-order valence-electron chi connectivity index (χ2n) is 7.42. The second-order valence-corrected chi connectivity index (χ2v) is 7.42. The molecule has 29 heavy (non-hydrogen) atoms. The van der Waals surface area contributed by atoms with Gasteiger partial charge >= 0.3 is 6.09 Å². The number of benzene rings is 1. The summed E-state index contributed by atoms with van der Waals surface area (Å²) in [6.45, 7) is 4.39. The number of carbonyl (C=O) groups excluding carboxylic acids is 2. The first-order valence-electron chi connectivity index (χ1n) is 9.65. The molecule has 0 unspecified atom stereocenters. The van der Waals surface area contributed by atoms with Gasteiger partial charge in [-0.25, -0.2) is 9.78 Å². The van der Waals surface area contributed by atoms with Gasteiger partial charge in [-0.2, -0.15) is 5.26 Å². The maximum Gasteiger partial charge on any atom is 0.407 e. The molecule has 1 aromatic heterocycles. The molecule has 8 heteroatoms. The normalized spacial score (nSPS) is 17.1. The number of likely N-dealkylation sites (tertiary alicyclic amines) is 1. The summed E-state index contributed by atoms with van der Waals surface area (Å²) in [5.74, 6) is 0.508. The highest BCUT2D eigenvalue weighted by Crippen LogP contribution is 2.32. The number of nitrogens with zero attached hydrogens (tertiary/aromatic N) is 3. The van der Waals surface area contributed by atoms with E-state index in [1.54, 1.807) is 23.2 Å². The van der Waals surface area contributed by atoms with Crippen molar-refractivity contribution in [2.24, 2.45) is 5.92 Å². The van der Waals surface area contributed by atoms with Gasteiger partial charge in [0, 0.05) is 6.54 Å². The maximum atomic E-state index is 13.2. The zero-order valence-corrected chi connectivity index (χ0v) is 16.8. The van der Waals surface area contributed by atoms with E-state index in [2.05, 4.69) is 26.1 Å². The van der Waals surface area contributed by atoms with Gasteiger partial charge in [0.2, 0.25) is 5.91 Å². The van der Waals surface area contributed by atoms with Crippen molar-refractivity contribution in [1.82, 2.24) is 20.2 Å². The van der Waals surface area contributed by atoms with Crippen LogP contribution in [0.3, 0.4) is 0 Å². The molecule has 2 amide bonds. The predicted octanol–water partition coefficient (Wildman–Crippen LogP) is 2.99. The van der Waals surface area contributed by atoms with E-state index in [9.17, 15) is 9.59 Å². The largest absolute Gasteiger partial charge is 0.453 e. The van der Waals surface area contributed by atoms with Gasteiger partial charge in [0.1, 0.15) is 11.9 Å². The molecule has 2 aromatic rings. The van der Waals surface area contributed by atoms with Gasteiger partial charge in [0.05, 0.1) is 36.7 Å². The number of alkyl carbamates (subject to hydrolysis) is 1. The number of aromatic amines is 1. The van der Waals surface area contributed by atoms with Crippen molar-refractivity contribution in [2.75, 3.05) is 13.7 Å². The Morgan fingerprint density at radius 2 is 2.07 bits per heavy atom. The summed E-state index contributed by atoms with van der Waals surface area (Å²) >= 11 is 0. The number of amides is 2. The molecular weight excluding hydrogens is 370 g/mol. The molecular formula is C21H25N5O3. The quantitative estimate of drug-likeness (QED) is 0.808. The minimum absolute atomic E-state index is 0.0753. The number of nitrogens with one attached hydrogen (secondary N) is 2. The number of H-pyrrole nitrogens is 1. The summed E-state index contributed by atoms with van der Waals surface area (Å²) in [5, 5.41) is 11.6. The first-order valence-corrected chi connectivity index (χ1v) is 9.65. The van der Waals surface area contributed by atoms with E-state index >= 15 is 0 Å². The number of imidazole rings is 1. The van der Waals surface area contributed by atoms with Crippen molar-refractivity contribution >= 4 is 12.0 Å². The van der Waals surface area contributed by atoms with Gasteiger partial charge in [0.15, 0.2) is 0 Å². The van der Waals surface area contributed by atoms with Crippen LogP contribution in [0.15, 0.2) is 30.5 Å². The van der Waals surface area contributed by atoms with Gasteiger partial charge in [-0.1, -0.05) is 26.0 Å². The van der Waals surface area contributed by atoms with E-state index in [-0.39, 0.29) is 17.9 Å². The van der Waals surface area contributed by atoms with Crippen LogP contribution in [0, 0.1) is 17.2 Å². The molecule has 2 N–H and O–H groups in total. The summed E-state index contributed by atoms with van der Waals surface area (Å²) in [6.07, 6.45) is 2.79. The first-order chi connectivity index (χ1) is 13.9. The molecule has 0 saturated carbocycles. The van der Waals surface area contributed by atoms with Crippen LogP contribution in [0.1, 0.15) is 44.1 Å². The van der Waals surface area contributed by atoms with Crippen molar-refractivity contribution in [3.63, 3.8) is 0 Å². The lowest BCUT2D eigenvalue weighted by Gasteiger charge is -2.30. The van der Waals surface area contributed by atoms with Crippen molar-refractivity contribution in [1.29, 1.82) is 5.26 Å². The van der Waals surface area contributed by atoms with Gasteiger partial charge in [-0.15, -0.1) is 0 Å². The fraction of sp³-hybridized carbons (Fsp3) is 0.429. The van der Waals surface area contributed by atoms with E-state index in [0.29, 0.717) is 12.1 Å². The Hall–Kier alpha value is -3.34. The van der Waals surface area contributed by atoms with E-state index < -0.39 is 12.1 Å². The molecule has 3 rings (SSSR count). The van der Waals surface area contributed by atoms with Crippen LogP contribution in [0.4, 0.5) is 4.79 Å². The Labute approximate surface area is 169 Å². The molecule has 2 heterocycles. The Bertz CT molecular complexity index is 913. The van der Waals surface area contributed by atoms with E-state index in [0.717, 1.165) is 29.9 Å². The minimum Gasteiger partial charge on any atom is -0.453 e. The van der Waals surface area contributed by atoms with Gasteiger partial charge in [-0.05, 0) is 36.5 Å². The van der Waals surface area contributed by atoms with Gasteiger partial charge < -0.3 is 19.9 Å². The third kappa shape index (κ3) is 4.40. The number of ether oxygens (including phenoxy) is 1. The lowest BCUT2D eigenvalue weighted by Crippen LogP contribution is -2.51. The highest BCUT2D eigenvalue weighted by atomic mass is 16.5. The topological polar surface area (TPSA) is 111 Å². The summed E-state index contributed by atoms with van der Waals surface area (Å²) in [4.78, 5) is 34.4. The zero-order valence-electron chi connectivity index (χ0n) is 16.8. The third-order valence-corrected chi connectivity index (χ3v) is 5.16. The molecule has 0 radical (unpaired) electrons. The zero-order chi connectivity index (χ0) is 21.0. The smallest absolute Gasteiger partial charge is 0.407 e. The van der Waals surface area contributed by atoms with Crippen molar-refractivity contribution in [2.45, 2.75) is 38.8 Å². The summed E-state index contributed by atoms with van der Waals surface area (Å²) in [6, 6.07) is 8.52. The Morgan fingerprint density at radius 3 is 2.69 bits per heavy atom. The van der Waals surface area contributed by atoms with Crippen LogP contribution in [-0.4, -0.2) is 46.6 Å². The third-order valence-electron chi connectivity index (χ3n) is 5.16. The van der Waals surface area contributed by atoms with Crippen LogP contribution in [0.2, 0.25) is 0 Å². The Morgan fingerprint density at radius 1 is 1.34 bits per heavy atom. The molecule has 1 aromatic carbocycles. The van der Waals surface area contributed by atoms with E-state index in [4.69, 9.17) is 5.26 Å². The lowest BCUT2D eigenvalue weighted by molar-refractivity contribution is -0.135. The summed E-state index contributed by atoms with van der Waals surface area (Å²) in [5.41, 5.74) is 2.35. The van der Waals surface area contributed by atoms with E-state index in [1.807, 2.05) is 26.0 Å². The molecule has 1 fully saturated rings. The van der Waals surface area contributed by atoms with Crippen LogP contribution in [0.5, 0.6) is 0 Å². The molecule has 2 atom stereocenters.